The number of fused-ring (bicyclic) bond motifs is 1. The first-order valence-electron chi connectivity index (χ1n) is 6.85. The summed E-state index contributed by atoms with van der Waals surface area (Å²) in [6, 6.07) is 10.1. The number of H-pyrrole nitrogens is 1. The van der Waals surface area contributed by atoms with Gasteiger partial charge in [-0.05, 0) is 12.5 Å². The summed E-state index contributed by atoms with van der Waals surface area (Å²) in [6.07, 6.45) is 1.54. The molecule has 2 aromatic heterocycles. The summed E-state index contributed by atoms with van der Waals surface area (Å²) in [5.74, 6) is 0.738. The zero-order chi connectivity index (χ0) is 14.7. The highest BCUT2D eigenvalue weighted by Gasteiger charge is 2.15. The van der Waals surface area contributed by atoms with E-state index < -0.39 is 0 Å². The Labute approximate surface area is 122 Å². The lowest BCUT2D eigenvalue weighted by molar-refractivity contribution is 0.301. The highest BCUT2D eigenvalue weighted by Crippen LogP contribution is 2.23. The molecule has 0 radical (unpaired) electrons. The molecule has 2 N–H and O–H groups in total. The number of nitrogens with zero attached hydrogens (tertiary/aromatic N) is 4. The van der Waals surface area contributed by atoms with E-state index in [1.165, 1.54) is 6.33 Å². The molecule has 6 nitrogen and oxygen atoms in total. The van der Waals surface area contributed by atoms with Crippen LogP contribution in [0.1, 0.15) is 11.3 Å². The fourth-order valence-electron chi connectivity index (χ4n) is 2.36. The number of aromatic amines is 1. The summed E-state index contributed by atoms with van der Waals surface area (Å²) in [4.78, 5) is 10.6. The van der Waals surface area contributed by atoms with E-state index >= 15 is 0 Å². The van der Waals surface area contributed by atoms with E-state index in [1.807, 2.05) is 30.0 Å². The topological polar surface area (TPSA) is 77.9 Å². The fraction of sp³-hybridized carbons (Fsp3) is 0.267. The highest BCUT2D eigenvalue weighted by molar-refractivity contribution is 5.86. The number of anilines is 1. The lowest BCUT2D eigenvalue weighted by Crippen LogP contribution is -2.27. The Morgan fingerprint density at radius 2 is 1.95 bits per heavy atom. The van der Waals surface area contributed by atoms with Crippen molar-refractivity contribution in [1.29, 1.82) is 0 Å². The monoisotopic (exact) mass is 283 g/mol. The number of hydrogen-bond donors (Lipinski definition) is 2. The molecule has 0 bridgehead atoms. The van der Waals surface area contributed by atoms with E-state index in [0.29, 0.717) is 13.1 Å². The Balaban J connectivity index is 1.99. The average molecular weight is 283 g/mol. The van der Waals surface area contributed by atoms with Gasteiger partial charge in [0.2, 0.25) is 0 Å². The number of hydrogen-bond acceptors (Lipinski definition) is 5. The molecule has 0 aliphatic rings. The van der Waals surface area contributed by atoms with Crippen LogP contribution in [0.5, 0.6) is 0 Å². The van der Waals surface area contributed by atoms with Crippen molar-refractivity contribution in [3.8, 4) is 0 Å². The molecule has 2 heterocycles. The van der Waals surface area contributed by atoms with E-state index in [0.717, 1.165) is 28.1 Å². The maximum absolute atomic E-state index is 9.34. The molecular weight excluding hydrogens is 266 g/mol. The summed E-state index contributed by atoms with van der Waals surface area (Å²) in [5.41, 5.74) is 3.62. The van der Waals surface area contributed by atoms with Crippen LogP contribution in [0.3, 0.4) is 0 Å². The number of nitrogens with one attached hydrogen (secondary N) is 1. The normalized spacial score (nSPS) is 11.0. The summed E-state index contributed by atoms with van der Waals surface area (Å²) in [6.45, 7) is 3.15. The molecule has 0 aliphatic heterocycles. The zero-order valence-corrected chi connectivity index (χ0v) is 11.8. The van der Waals surface area contributed by atoms with Crippen molar-refractivity contribution in [2.24, 2.45) is 0 Å². The second-order valence-corrected chi connectivity index (χ2v) is 4.87. The average Bonchev–Trinajstić information content (AvgIpc) is 2.90. The lowest BCUT2D eigenvalue weighted by atomic mass is 10.2. The second kappa shape index (κ2) is 5.88. The van der Waals surface area contributed by atoms with Crippen LogP contribution in [0.4, 0.5) is 5.82 Å². The van der Waals surface area contributed by atoms with Crippen molar-refractivity contribution in [2.75, 3.05) is 18.1 Å². The quantitative estimate of drug-likeness (QED) is 0.744. The Bertz CT molecular complexity index is 725. The van der Waals surface area contributed by atoms with Crippen LogP contribution in [0.25, 0.3) is 11.0 Å². The first kappa shape index (κ1) is 13.5. The zero-order valence-electron chi connectivity index (χ0n) is 11.8. The summed E-state index contributed by atoms with van der Waals surface area (Å²) >= 11 is 0. The van der Waals surface area contributed by atoms with E-state index in [4.69, 9.17) is 0 Å². The van der Waals surface area contributed by atoms with Gasteiger partial charge >= 0.3 is 0 Å². The number of aliphatic hydroxyl groups excluding tert-OH is 1. The molecule has 3 aromatic rings. The number of aromatic nitrogens is 4. The maximum Gasteiger partial charge on any atom is 0.160 e. The molecule has 1 aromatic carbocycles. The highest BCUT2D eigenvalue weighted by atomic mass is 16.3. The number of benzene rings is 1. The smallest absolute Gasteiger partial charge is 0.160 e. The summed E-state index contributed by atoms with van der Waals surface area (Å²) < 4.78 is 0. The number of aryl methyl sites for hydroxylation is 1. The van der Waals surface area contributed by atoms with E-state index in [-0.39, 0.29) is 6.61 Å². The van der Waals surface area contributed by atoms with Crippen molar-refractivity contribution < 1.29 is 5.11 Å². The molecule has 21 heavy (non-hydrogen) atoms. The Morgan fingerprint density at radius 3 is 2.71 bits per heavy atom. The molecule has 0 saturated heterocycles. The van der Waals surface area contributed by atoms with E-state index in [9.17, 15) is 5.11 Å². The van der Waals surface area contributed by atoms with Gasteiger partial charge in [0.1, 0.15) is 11.8 Å². The van der Waals surface area contributed by atoms with Crippen LogP contribution < -0.4 is 4.90 Å². The number of aliphatic hydroxyl groups is 1. The van der Waals surface area contributed by atoms with Crippen LogP contribution in [0.2, 0.25) is 0 Å². The lowest BCUT2D eigenvalue weighted by Gasteiger charge is -2.22. The first-order valence-corrected chi connectivity index (χ1v) is 6.85. The Hall–Kier alpha value is -2.47. The molecular formula is C15H17N5O. The molecule has 108 valence electrons. The van der Waals surface area contributed by atoms with E-state index in [1.54, 1.807) is 0 Å². The summed E-state index contributed by atoms with van der Waals surface area (Å²) in [7, 11) is 0. The molecule has 3 rings (SSSR count). The maximum atomic E-state index is 9.34. The predicted octanol–water partition coefficient (Wildman–Crippen LogP) is 1.66. The van der Waals surface area contributed by atoms with Gasteiger partial charge in [-0.15, -0.1) is 0 Å². The molecule has 0 spiro atoms. The van der Waals surface area contributed by atoms with Gasteiger partial charge in [-0.2, -0.15) is 5.10 Å². The second-order valence-electron chi connectivity index (χ2n) is 4.87. The largest absolute Gasteiger partial charge is 0.395 e. The van der Waals surface area contributed by atoms with E-state index in [2.05, 4.69) is 32.3 Å². The molecule has 0 aliphatic carbocycles. The minimum absolute atomic E-state index is 0.0573. The van der Waals surface area contributed by atoms with Gasteiger partial charge < -0.3 is 10.0 Å². The van der Waals surface area contributed by atoms with Crippen LogP contribution in [-0.2, 0) is 6.54 Å². The third-order valence-electron chi connectivity index (χ3n) is 3.38. The van der Waals surface area contributed by atoms with Gasteiger partial charge in [-0.3, -0.25) is 5.10 Å². The standard InChI is InChI=1S/C15H17N5O/c1-11-13-14(19-18-11)15(17-10-16-13)20(7-8-21)9-12-5-3-2-4-6-12/h2-6,10,21H,7-9H2,1H3,(H,18,19). The molecule has 0 fully saturated rings. The van der Waals surface area contributed by atoms with Gasteiger partial charge in [0.05, 0.1) is 12.3 Å². The third kappa shape index (κ3) is 2.71. The van der Waals surface area contributed by atoms with Crippen LogP contribution in [-0.4, -0.2) is 38.4 Å². The molecule has 0 unspecified atom stereocenters. The van der Waals surface area contributed by atoms with Crippen molar-refractivity contribution in [3.05, 3.63) is 47.9 Å². The Kier molecular flexibility index (Phi) is 3.79. The minimum atomic E-state index is 0.0573. The van der Waals surface area contributed by atoms with Gasteiger partial charge in [-0.25, -0.2) is 9.97 Å². The van der Waals surface area contributed by atoms with Gasteiger partial charge in [0.15, 0.2) is 11.3 Å². The third-order valence-corrected chi connectivity index (χ3v) is 3.38. The van der Waals surface area contributed by atoms with Crippen LogP contribution in [0.15, 0.2) is 36.7 Å². The minimum Gasteiger partial charge on any atom is -0.395 e. The van der Waals surface area contributed by atoms with Crippen molar-refractivity contribution in [2.45, 2.75) is 13.5 Å². The van der Waals surface area contributed by atoms with Crippen molar-refractivity contribution in [1.82, 2.24) is 20.2 Å². The van der Waals surface area contributed by atoms with Crippen molar-refractivity contribution >= 4 is 16.9 Å². The Morgan fingerprint density at radius 1 is 1.14 bits per heavy atom. The fourth-order valence-corrected chi connectivity index (χ4v) is 2.36. The molecule has 0 saturated carbocycles. The predicted molar refractivity (Wildman–Crippen MR) is 81.0 cm³/mol. The van der Waals surface area contributed by atoms with Crippen LogP contribution in [0, 0.1) is 6.92 Å². The summed E-state index contributed by atoms with van der Waals surface area (Å²) in [5, 5.41) is 16.6. The van der Waals surface area contributed by atoms with Crippen LogP contribution >= 0.6 is 0 Å². The molecule has 0 amide bonds. The molecule has 0 atom stereocenters. The number of rotatable bonds is 5. The van der Waals surface area contributed by atoms with Gasteiger partial charge in [-0.1, -0.05) is 30.3 Å². The molecule has 6 heteroatoms. The first-order chi connectivity index (χ1) is 10.3. The van der Waals surface area contributed by atoms with Gasteiger partial charge in [0.25, 0.3) is 0 Å². The van der Waals surface area contributed by atoms with Crippen molar-refractivity contribution in [3.63, 3.8) is 0 Å². The SMILES string of the molecule is Cc1[nH]nc2c(N(CCO)Cc3ccccc3)ncnc12. The van der Waals surface area contributed by atoms with Gasteiger partial charge in [0, 0.05) is 13.1 Å².